The zero-order valence-corrected chi connectivity index (χ0v) is 31.0. The van der Waals surface area contributed by atoms with Gasteiger partial charge in [0.15, 0.2) is 17.7 Å². The number of carbonyl (C=O) groups excluding carboxylic acids is 6. The van der Waals surface area contributed by atoms with E-state index in [2.05, 4.69) is 0 Å². The van der Waals surface area contributed by atoms with Crippen LogP contribution in [0.3, 0.4) is 0 Å². The number of benzene rings is 1. The number of fused-ring (bicyclic) bond motifs is 5. The number of esters is 2. The number of hydrogen-bond donors (Lipinski definition) is 2. The Hall–Kier alpha value is -3.99. The lowest BCUT2D eigenvalue weighted by atomic mass is 9.38. The number of aliphatic hydroxyl groups is 1. The molecule has 1 aromatic rings. The molecule has 4 aliphatic rings. The number of aromatic carboxylic acids is 1. The van der Waals surface area contributed by atoms with Gasteiger partial charge in [-0.3, -0.25) is 24.0 Å². The SMILES string of the molecule is CC(=O)OC(C)(C)CCC(=O)[C@](C)(O)[C@H]1C(=O)C[C@@]2(C)[C@@H]3CC=C4[C@@H](C[C@H](OC(=O)c5ccccc5C(=O)O)C(=O)C4(C)C)[C@]3(C)C(=O)C[C@]12C. The minimum Gasteiger partial charge on any atom is -0.478 e. The summed E-state index contributed by atoms with van der Waals surface area (Å²) in [7, 11) is 0. The summed E-state index contributed by atoms with van der Waals surface area (Å²) in [6, 6.07) is 5.60. The van der Waals surface area contributed by atoms with E-state index in [0.29, 0.717) is 6.42 Å². The zero-order chi connectivity index (χ0) is 38.3. The maximum Gasteiger partial charge on any atom is 0.339 e. The van der Waals surface area contributed by atoms with Crippen LogP contribution in [0.15, 0.2) is 35.9 Å². The molecule has 8 atom stereocenters. The first-order chi connectivity index (χ1) is 23.4. The van der Waals surface area contributed by atoms with Crippen molar-refractivity contribution in [3.05, 3.63) is 47.0 Å². The molecule has 0 saturated heterocycles. The number of carboxylic acids is 1. The highest BCUT2D eigenvalue weighted by molar-refractivity contribution is 6.04. The van der Waals surface area contributed by atoms with Gasteiger partial charge in [-0.2, -0.15) is 0 Å². The Morgan fingerprint density at radius 1 is 0.922 bits per heavy atom. The van der Waals surface area contributed by atoms with Gasteiger partial charge in [0, 0.05) is 37.0 Å². The normalized spacial score (nSPS) is 33.9. The van der Waals surface area contributed by atoms with E-state index in [-0.39, 0.29) is 60.6 Å². The maximum atomic E-state index is 14.8. The second kappa shape index (κ2) is 12.3. The molecule has 0 bridgehead atoms. The molecule has 3 fully saturated rings. The van der Waals surface area contributed by atoms with Crippen molar-refractivity contribution in [3.8, 4) is 0 Å². The van der Waals surface area contributed by atoms with Crippen molar-refractivity contribution in [2.45, 2.75) is 118 Å². The Labute approximate surface area is 298 Å². The number of ketones is 4. The van der Waals surface area contributed by atoms with Crippen molar-refractivity contribution in [1.82, 2.24) is 0 Å². The van der Waals surface area contributed by atoms with Crippen molar-refractivity contribution in [1.29, 1.82) is 0 Å². The van der Waals surface area contributed by atoms with Gasteiger partial charge in [-0.1, -0.05) is 44.6 Å². The third-order valence-electron chi connectivity index (χ3n) is 13.3. The standard InChI is InChI=1S/C40H50O11/c1-21(41)51-35(2,3)17-16-29(43)40(9,49)31-26(42)19-37(6)28-15-14-24-25(39(28,8)30(44)20-38(31,37)7)18-27(32(45)36(24,4)5)50-34(48)23-13-11-10-12-22(23)33(46)47/h10-14,25,27-28,31,49H,15-20H2,1-9H3,(H,46,47)/t25-,27+,28+,31+,37+,38-,39+,40+/m1/s1. The van der Waals surface area contributed by atoms with Crippen LogP contribution in [-0.2, 0) is 33.4 Å². The van der Waals surface area contributed by atoms with Crippen LogP contribution in [0.5, 0.6) is 0 Å². The first kappa shape index (κ1) is 38.2. The Morgan fingerprint density at radius 3 is 2.12 bits per heavy atom. The number of Topliss-reactive ketones (excluding diaryl/α,β-unsaturated/α-hetero) is 4. The van der Waals surface area contributed by atoms with E-state index in [0.717, 1.165) is 5.57 Å². The monoisotopic (exact) mass is 706 g/mol. The third kappa shape index (κ3) is 5.79. The molecule has 1 aromatic carbocycles. The highest BCUT2D eigenvalue weighted by Crippen LogP contribution is 2.73. The predicted octanol–water partition coefficient (Wildman–Crippen LogP) is 5.49. The van der Waals surface area contributed by atoms with Gasteiger partial charge in [-0.15, -0.1) is 0 Å². The molecule has 0 radical (unpaired) electrons. The number of allylic oxidation sites excluding steroid dienone is 2. The van der Waals surface area contributed by atoms with Crippen molar-refractivity contribution in [2.24, 2.45) is 39.4 Å². The van der Waals surface area contributed by atoms with Crippen LogP contribution in [-0.4, -0.2) is 68.6 Å². The summed E-state index contributed by atoms with van der Waals surface area (Å²) in [5.41, 5.74) is -6.85. The van der Waals surface area contributed by atoms with E-state index in [9.17, 15) is 43.8 Å². The van der Waals surface area contributed by atoms with Crippen molar-refractivity contribution >= 4 is 41.0 Å². The second-order valence-electron chi connectivity index (χ2n) is 17.2. The smallest absolute Gasteiger partial charge is 0.339 e. The van der Waals surface area contributed by atoms with Crippen LogP contribution < -0.4 is 0 Å². The average molecular weight is 707 g/mol. The number of carbonyl (C=O) groups is 7. The number of ether oxygens (including phenoxy) is 2. The van der Waals surface area contributed by atoms with Crippen LogP contribution in [0.4, 0.5) is 0 Å². The van der Waals surface area contributed by atoms with Crippen LogP contribution in [0.1, 0.15) is 122 Å². The summed E-state index contributed by atoms with van der Waals surface area (Å²) >= 11 is 0. The minimum atomic E-state index is -2.09. The number of hydrogen-bond acceptors (Lipinski definition) is 10. The molecular formula is C40H50O11. The third-order valence-corrected chi connectivity index (χ3v) is 13.3. The molecule has 0 unspecified atom stereocenters. The molecular weight excluding hydrogens is 656 g/mol. The van der Waals surface area contributed by atoms with E-state index in [1.807, 2.05) is 26.8 Å². The van der Waals surface area contributed by atoms with Gasteiger partial charge in [0.05, 0.1) is 17.0 Å². The summed E-state index contributed by atoms with van der Waals surface area (Å²) in [5.74, 6) is -6.26. The summed E-state index contributed by atoms with van der Waals surface area (Å²) in [4.78, 5) is 93.2. The van der Waals surface area contributed by atoms with Gasteiger partial charge in [0.1, 0.15) is 22.8 Å². The lowest BCUT2D eigenvalue weighted by molar-refractivity contribution is -0.183. The molecule has 5 rings (SSSR count). The molecule has 0 amide bonds. The van der Waals surface area contributed by atoms with Gasteiger partial charge >= 0.3 is 17.9 Å². The minimum absolute atomic E-state index is 0.00625. The molecule has 11 nitrogen and oxygen atoms in total. The molecule has 3 saturated carbocycles. The topological polar surface area (TPSA) is 178 Å². The molecule has 4 aliphatic carbocycles. The van der Waals surface area contributed by atoms with E-state index < -0.39 is 80.4 Å². The lowest BCUT2D eigenvalue weighted by Gasteiger charge is -2.64. The first-order valence-corrected chi connectivity index (χ1v) is 17.7. The molecule has 11 heteroatoms. The number of rotatable bonds is 9. The highest BCUT2D eigenvalue weighted by atomic mass is 16.6. The van der Waals surface area contributed by atoms with Crippen molar-refractivity contribution in [2.75, 3.05) is 0 Å². The molecule has 276 valence electrons. The van der Waals surface area contributed by atoms with Gasteiger partial charge in [-0.05, 0) is 88.7 Å². The van der Waals surface area contributed by atoms with Gasteiger partial charge in [0.25, 0.3) is 0 Å². The van der Waals surface area contributed by atoms with Crippen LogP contribution in [0, 0.1) is 39.4 Å². The quantitative estimate of drug-likeness (QED) is 0.245. The molecule has 0 aromatic heterocycles. The summed E-state index contributed by atoms with van der Waals surface area (Å²) in [5, 5.41) is 21.6. The van der Waals surface area contributed by atoms with E-state index in [1.54, 1.807) is 27.7 Å². The Kier molecular flexibility index (Phi) is 9.23. The molecule has 2 N–H and O–H groups in total. The van der Waals surface area contributed by atoms with E-state index in [1.165, 1.54) is 38.1 Å². The van der Waals surface area contributed by atoms with E-state index in [4.69, 9.17) is 9.47 Å². The van der Waals surface area contributed by atoms with Crippen LogP contribution in [0.25, 0.3) is 0 Å². The fraction of sp³-hybridized carbons (Fsp3) is 0.625. The maximum absolute atomic E-state index is 14.8. The molecule has 0 aliphatic heterocycles. The summed E-state index contributed by atoms with van der Waals surface area (Å²) in [6.45, 7) is 15.1. The number of carboxylic acid groups (broad SMARTS) is 1. The van der Waals surface area contributed by atoms with Crippen LogP contribution >= 0.6 is 0 Å². The molecule has 0 spiro atoms. The molecule has 0 heterocycles. The van der Waals surface area contributed by atoms with E-state index >= 15 is 0 Å². The predicted molar refractivity (Wildman–Crippen MR) is 183 cm³/mol. The molecule has 51 heavy (non-hydrogen) atoms. The summed E-state index contributed by atoms with van der Waals surface area (Å²) in [6.07, 6.45) is 1.05. The van der Waals surface area contributed by atoms with Gasteiger partial charge < -0.3 is 19.7 Å². The zero-order valence-electron chi connectivity index (χ0n) is 31.0. The highest BCUT2D eigenvalue weighted by Gasteiger charge is 2.75. The van der Waals surface area contributed by atoms with Crippen molar-refractivity contribution < 1.29 is 53.2 Å². The van der Waals surface area contributed by atoms with Crippen LogP contribution in [0.2, 0.25) is 0 Å². The second-order valence-corrected chi connectivity index (χ2v) is 17.2. The Morgan fingerprint density at radius 2 is 1.53 bits per heavy atom. The lowest BCUT2D eigenvalue weighted by Crippen LogP contribution is -2.65. The first-order valence-electron chi connectivity index (χ1n) is 17.7. The summed E-state index contributed by atoms with van der Waals surface area (Å²) < 4.78 is 11.1. The Balaban J connectivity index is 1.48. The fourth-order valence-corrected chi connectivity index (χ4v) is 10.5. The average Bonchev–Trinajstić information content (AvgIpc) is 3.22. The van der Waals surface area contributed by atoms with Gasteiger partial charge in [-0.25, -0.2) is 9.59 Å². The largest absolute Gasteiger partial charge is 0.478 e. The fourth-order valence-electron chi connectivity index (χ4n) is 10.5. The Bertz CT molecular complexity index is 1760. The van der Waals surface area contributed by atoms with Crippen molar-refractivity contribution in [3.63, 3.8) is 0 Å². The van der Waals surface area contributed by atoms with Gasteiger partial charge in [0.2, 0.25) is 0 Å².